The van der Waals surface area contributed by atoms with Crippen molar-refractivity contribution in [3.05, 3.63) is 0 Å². The van der Waals surface area contributed by atoms with E-state index in [9.17, 15) is 0 Å². The normalized spacial score (nSPS) is 34.9. The highest BCUT2D eigenvalue weighted by atomic mass is 15.1. The summed E-state index contributed by atoms with van der Waals surface area (Å²) < 4.78 is 0. The average molecular weight is 224 g/mol. The molecule has 0 aromatic heterocycles. The van der Waals surface area contributed by atoms with Gasteiger partial charge in [-0.15, -0.1) is 0 Å². The zero-order valence-corrected chi connectivity index (χ0v) is 11.1. The summed E-state index contributed by atoms with van der Waals surface area (Å²) in [6, 6.07) is 0. The van der Waals surface area contributed by atoms with Gasteiger partial charge in [0.05, 0.1) is 0 Å². The van der Waals surface area contributed by atoms with E-state index < -0.39 is 0 Å². The Labute approximate surface area is 101 Å². The molecule has 0 aromatic rings. The zero-order valence-electron chi connectivity index (χ0n) is 11.1. The van der Waals surface area contributed by atoms with Gasteiger partial charge in [-0.2, -0.15) is 0 Å². The molecule has 1 heterocycles. The first-order valence-corrected chi connectivity index (χ1v) is 7.12. The van der Waals surface area contributed by atoms with Crippen LogP contribution in [0.1, 0.15) is 65.2 Å². The number of nitrogens with one attached hydrogen (secondary N) is 2. The molecule has 94 valence electrons. The SMILES string of the molecule is CC1(NCC2(C)CCCCN2)CCCCC1. The molecule has 1 aliphatic carbocycles. The Hall–Kier alpha value is -0.0800. The van der Waals surface area contributed by atoms with E-state index in [0.29, 0.717) is 11.1 Å². The molecule has 2 aliphatic rings. The largest absolute Gasteiger partial charge is 0.310 e. The Morgan fingerprint density at radius 3 is 2.25 bits per heavy atom. The smallest absolute Gasteiger partial charge is 0.0278 e. The van der Waals surface area contributed by atoms with Crippen LogP contribution in [0.15, 0.2) is 0 Å². The molecule has 0 amide bonds. The summed E-state index contributed by atoms with van der Waals surface area (Å²) in [7, 11) is 0. The first-order chi connectivity index (χ1) is 7.62. The summed E-state index contributed by atoms with van der Waals surface area (Å²) in [4.78, 5) is 0. The maximum atomic E-state index is 3.85. The predicted molar refractivity (Wildman–Crippen MR) is 69.8 cm³/mol. The third-order valence-corrected chi connectivity index (χ3v) is 4.57. The van der Waals surface area contributed by atoms with Crippen molar-refractivity contribution < 1.29 is 0 Å². The van der Waals surface area contributed by atoms with Crippen molar-refractivity contribution >= 4 is 0 Å². The minimum absolute atomic E-state index is 0.346. The number of rotatable bonds is 3. The molecule has 0 spiro atoms. The van der Waals surface area contributed by atoms with Crippen molar-refractivity contribution in [3.8, 4) is 0 Å². The van der Waals surface area contributed by atoms with Crippen molar-refractivity contribution in [1.29, 1.82) is 0 Å². The van der Waals surface area contributed by atoms with Gasteiger partial charge in [0, 0.05) is 17.6 Å². The van der Waals surface area contributed by atoms with E-state index in [1.807, 2.05) is 0 Å². The Bertz CT molecular complexity index is 189. The van der Waals surface area contributed by atoms with Gasteiger partial charge < -0.3 is 10.6 Å². The minimum atomic E-state index is 0.346. The second-order valence-electron chi connectivity index (χ2n) is 6.42. The lowest BCUT2D eigenvalue weighted by Gasteiger charge is -2.41. The van der Waals surface area contributed by atoms with Crippen LogP contribution in [0.4, 0.5) is 0 Å². The third-order valence-electron chi connectivity index (χ3n) is 4.57. The molecule has 0 radical (unpaired) electrons. The number of hydrogen-bond donors (Lipinski definition) is 2. The van der Waals surface area contributed by atoms with Crippen molar-refractivity contribution in [3.63, 3.8) is 0 Å². The van der Waals surface area contributed by atoms with Gasteiger partial charge in [0.2, 0.25) is 0 Å². The van der Waals surface area contributed by atoms with E-state index in [4.69, 9.17) is 0 Å². The van der Waals surface area contributed by atoms with E-state index in [1.54, 1.807) is 0 Å². The first kappa shape index (κ1) is 12.4. The Morgan fingerprint density at radius 1 is 0.938 bits per heavy atom. The third kappa shape index (κ3) is 3.21. The summed E-state index contributed by atoms with van der Waals surface area (Å²) in [6.45, 7) is 7.14. The van der Waals surface area contributed by atoms with E-state index in [-0.39, 0.29) is 0 Å². The summed E-state index contributed by atoms with van der Waals surface area (Å²) in [5.41, 5.74) is 0.763. The molecular formula is C14H28N2. The molecule has 2 N–H and O–H groups in total. The standard InChI is InChI=1S/C14H28N2/c1-13(8-4-3-5-9-13)16-12-14(2)10-6-7-11-15-14/h15-16H,3-12H2,1-2H3. The Balaban J connectivity index is 1.80. The molecule has 0 bridgehead atoms. The van der Waals surface area contributed by atoms with Crippen molar-refractivity contribution in [1.82, 2.24) is 10.6 Å². The highest BCUT2D eigenvalue weighted by Gasteiger charge is 2.31. The molecule has 1 unspecified atom stereocenters. The van der Waals surface area contributed by atoms with Gasteiger partial charge in [-0.3, -0.25) is 0 Å². The molecule has 1 atom stereocenters. The van der Waals surface area contributed by atoms with Gasteiger partial charge in [0.1, 0.15) is 0 Å². The lowest BCUT2D eigenvalue weighted by Crippen LogP contribution is -2.57. The molecule has 1 saturated heterocycles. The number of piperidine rings is 1. The lowest BCUT2D eigenvalue weighted by atomic mass is 9.82. The quantitative estimate of drug-likeness (QED) is 0.770. The van der Waals surface area contributed by atoms with Crippen LogP contribution in [0.5, 0.6) is 0 Å². The molecule has 2 heteroatoms. The molecule has 2 rings (SSSR count). The number of hydrogen-bond acceptors (Lipinski definition) is 2. The fourth-order valence-electron chi connectivity index (χ4n) is 3.19. The lowest BCUT2D eigenvalue weighted by molar-refractivity contribution is 0.199. The summed E-state index contributed by atoms with van der Waals surface area (Å²) >= 11 is 0. The van der Waals surface area contributed by atoms with E-state index in [0.717, 1.165) is 6.54 Å². The van der Waals surface area contributed by atoms with E-state index in [2.05, 4.69) is 24.5 Å². The Kier molecular flexibility index (Phi) is 3.91. The van der Waals surface area contributed by atoms with Crippen LogP contribution >= 0.6 is 0 Å². The second-order valence-corrected chi connectivity index (χ2v) is 6.42. The second kappa shape index (κ2) is 5.05. The van der Waals surface area contributed by atoms with Crippen LogP contribution < -0.4 is 10.6 Å². The maximum absolute atomic E-state index is 3.85. The topological polar surface area (TPSA) is 24.1 Å². The van der Waals surface area contributed by atoms with Gasteiger partial charge in [0.15, 0.2) is 0 Å². The Morgan fingerprint density at radius 2 is 1.62 bits per heavy atom. The van der Waals surface area contributed by atoms with Crippen LogP contribution in [-0.4, -0.2) is 24.2 Å². The molecular weight excluding hydrogens is 196 g/mol. The van der Waals surface area contributed by atoms with E-state index in [1.165, 1.54) is 57.9 Å². The molecule has 2 fully saturated rings. The van der Waals surface area contributed by atoms with Crippen molar-refractivity contribution in [2.45, 2.75) is 76.3 Å². The summed E-state index contributed by atoms with van der Waals surface area (Å²) in [5, 5.41) is 7.54. The molecule has 16 heavy (non-hydrogen) atoms. The van der Waals surface area contributed by atoms with Crippen LogP contribution in [0.3, 0.4) is 0 Å². The van der Waals surface area contributed by atoms with Crippen molar-refractivity contribution in [2.75, 3.05) is 13.1 Å². The van der Waals surface area contributed by atoms with Crippen molar-refractivity contribution in [2.24, 2.45) is 0 Å². The molecule has 2 nitrogen and oxygen atoms in total. The van der Waals surface area contributed by atoms with Crippen LogP contribution in [0.25, 0.3) is 0 Å². The average Bonchev–Trinajstić information content (AvgIpc) is 2.29. The van der Waals surface area contributed by atoms with Crippen LogP contribution in [0.2, 0.25) is 0 Å². The maximum Gasteiger partial charge on any atom is 0.0278 e. The van der Waals surface area contributed by atoms with Crippen LogP contribution in [0, 0.1) is 0 Å². The van der Waals surface area contributed by atoms with E-state index >= 15 is 0 Å². The molecule has 0 aromatic carbocycles. The molecule has 1 aliphatic heterocycles. The summed E-state index contributed by atoms with van der Waals surface area (Å²) in [6.07, 6.45) is 11.1. The first-order valence-electron chi connectivity index (χ1n) is 7.12. The predicted octanol–water partition coefficient (Wildman–Crippen LogP) is 2.83. The van der Waals surface area contributed by atoms with Gasteiger partial charge in [-0.05, 0) is 46.1 Å². The van der Waals surface area contributed by atoms with Gasteiger partial charge in [-0.25, -0.2) is 0 Å². The van der Waals surface area contributed by atoms with Gasteiger partial charge in [-0.1, -0.05) is 25.7 Å². The fraction of sp³-hybridized carbons (Fsp3) is 1.00. The fourth-order valence-corrected chi connectivity index (χ4v) is 3.19. The highest BCUT2D eigenvalue weighted by Crippen LogP contribution is 2.28. The zero-order chi connectivity index (χ0) is 11.5. The van der Waals surface area contributed by atoms with Crippen LogP contribution in [-0.2, 0) is 0 Å². The highest BCUT2D eigenvalue weighted by molar-refractivity contribution is 4.94. The molecule has 1 saturated carbocycles. The minimum Gasteiger partial charge on any atom is -0.310 e. The monoisotopic (exact) mass is 224 g/mol. The summed E-state index contributed by atoms with van der Waals surface area (Å²) in [5.74, 6) is 0. The van der Waals surface area contributed by atoms with Gasteiger partial charge in [0.25, 0.3) is 0 Å². The van der Waals surface area contributed by atoms with Gasteiger partial charge >= 0.3 is 0 Å².